The van der Waals surface area contributed by atoms with Gasteiger partial charge in [0.1, 0.15) is 5.82 Å². The smallest absolute Gasteiger partial charge is 0.390 e. The average Bonchev–Trinajstić information content (AvgIpc) is 2.37. The molecule has 0 saturated heterocycles. The van der Waals surface area contributed by atoms with Crippen molar-refractivity contribution < 1.29 is 18.3 Å². The van der Waals surface area contributed by atoms with Gasteiger partial charge in [0.2, 0.25) is 0 Å². The Morgan fingerprint density at radius 2 is 1.68 bits per heavy atom. The lowest BCUT2D eigenvalue weighted by atomic mass is 10.0. The topological polar surface area (TPSA) is 59.1 Å². The van der Waals surface area contributed by atoms with Crippen LogP contribution >= 0.6 is 0 Å². The summed E-state index contributed by atoms with van der Waals surface area (Å²) in [6.45, 7) is -0.332. The van der Waals surface area contributed by atoms with Gasteiger partial charge in [0, 0.05) is 5.56 Å². The van der Waals surface area contributed by atoms with E-state index < -0.39 is 11.7 Å². The molecule has 3 N–H and O–H groups in total. The fraction of sp³-hybridized carbons (Fsp3) is 0.154. The quantitative estimate of drug-likeness (QED) is 0.880. The number of benzene rings is 1. The normalized spacial score (nSPS) is 11.6. The minimum atomic E-state index is -4.36. The maximum atomic E-state index is 12.5. The number of nitrogen functional groups attached to an aromatic ring is 1. The number of anilines is 1. The zero-order chi connectivity index (χ0) is 14.0. The molecular formula is C13H11F3N2O. The number of halogens is 3. The van der Waals surface area contributed by atoms with Crippen LogP contribution in [0.25, 0.3) is 11.1 Å². The maximum absolute atomic E-state index is 12.5. The zero-order valence-corrected chi connectivity index (χ0v) is 9.78. The van der Waals surface area contributed by atoms with Crippen molar-refractivity contribution in [1.29, 1.82) is 0 Å². The first-order chi connectivity index (χ1) is 8.91. The zero-order valence-electron chi connectivity index (χ0n) is 9.78. The third kappa shape index (κ3) is 2.85. The SMILES string of the molecule is Nc1ccc(-c2ccc(C(F)(F)F)cc2)c(CO)n1. The lowest BCUT2D eigenvalue weighted by Gasteiger charge is -2.10. The lowest BCUT2D eigenvalue weighted by Crippen LogP contribution is -2.04. The van der Waals surface area contributed by atoms with Crippen molar-refractivity contribution in [2.45, 2.75) is 12.8 Å². The summed E-state index contributed by atoms with van der Waals surface area (Å²) in [6.07, 6.45) is -4.36. The van der Waals surface area contributed by atoms with Crippen LogP contribution in [-0.4, -0.2) is 10.1 Å². The van der Waals surface area contributed by atoms with Crippen LogP contribution in [0, 0.1) is 0 Å². The Bertz CT molecular complexity index is 579. The highest BCUT2D eigenvalue weighted by molar-refractivity contribution is 5.67. The summed E-state index contributed by atoms with van der Waals surface area (Å²) >= 11 is 0. The lowest BCUT2D eigenvalue weighted by molar-refractivity contribution is -0.137. The van der Waals surface area contributed by atoms with E-state index in [-0.39, 0.29) is 12.4 Å². The van der Waals surface area contributed by atoms with Gasteiger partial charge in [0.25, 0.3) is 0 Å². The molecule has 1 aromatic carbocycles. The van der Waals surface area contributed by atoms with Crippen LogP contribution in [0.4, 0.5) is 19.0 Å². The Morgan fingerprint density at radius 3 is 2.21 bits per heavy atom. The fourth-order valence-corrected chi connectivity index (χ4v) is 1.74. The van der Waals surface area contributed by atoms with Crippen molar-refractivity contribution in [3.63, 3.8) is 0 Å². The second kappa shape index (κ2) is 4.89. The Morgan fingerprint density at radius 1 is 1.05 bits per heavy atom. The van der Waals surface area contributed by atoms with Crippen LogP contribution in [0.2, 0.25) is 0 Å². The molecule has 0 aliphatic rings. The van der Waals surface area contributed by atoms with Crippen molar-refractivity contribution in [2.24, 2.45) is 0 Å². The molecule has 0 amide bonds. The number of hydrogen-bond donors (Lipinski definition) is 2. The van der Waals surface area contributed by atoms with Crippen LogP contribution < -0.4 is 5.73 Å². The van der Waals surface area contributed by atoms with Gasteiger partial charge < -0.3 is 10.8 Å². The average molecular weight is 268 g/mol. The number of rotatable bonds is 2. The van der Waals surface area contributed by atoms with Crippen molar-refractivity contribution >= 4 is 5.82 Å². The van der Waals surface area contributed by atoms with E-state index in [1.165, 1.54) is 18.2 Å². The molecular weight excluding hydrogens is 257 g/mol. The Labute approximate surface area is 107 Å². The summed E-state index contributed by atoms with van der Waals surface area (Å²) in [4.78, 5) is 3.94. The van der Waals surface area contributed by atoms with Crippen molar-refractivity contribution in [3.8, 4) is 11.1 Å². The number of aliphatic hydroxyl groups is 1. The number of nitrogens with two attached hydrogens (primary N) is 1. The van der Waals surface area contributed by atoms with Crippen LogP contribution in [0.3, 0.4) is 0 Å². The molecule has 0 atom stereocenters. The van der Waals surface area contributed by atoms with E-state index in [2.05, 4.69) is 4.98 Å². The van der Waals surface area contributed by atoms with Crippen molar-refractivity contribution in [3.05, 3.63) is 47.7 Å². The molecule has 0 bridgehead atoms. The first kappa shape index (κ1) is 13.4. The highest BCUT2D eigenvalue weighted by Crippen LogP contribution is 2.31. The third-order valence-electron chi connectivity index (χ3n) is 2.67. The van der Waals surface area contributed by atoms with E-state index in [4.69, 9.17) is 5.73 Å². The molecule has 3 nitrogen and oxygen atoms in total. The van der Waals surface area contributed by atoms with E-state index >= 15 is 0 Å². The second-order valence-electron chi connectivity index (χ2n) is 3.96. The molecule has 0 radical (unpaired) electrons. The molecule has 2 rings (SSSR count). The highest BCUT2D eigenvalue weighted by Gasteiger charge is 2.30. The molecule has 1 heterocycles. The van der Waals surface area contributed by atoms with E-state index in [1.807, 2.05) is 0 Å². The van der Waals surface area contributed by atoms with Crippen molar-refractivity contribution in [1.82, 2.24) is 4.98 Å². The number of hydrogen-bond acceptors (Lipinski definition) is 3. The molecule has 0 aliphatic carbocycles. The highest BCUT2D eigenvalue weighted by atomic mass is 19.4. The van der Waals surface area contributed by atoms with Gasteiger partial charge in [0.15, 0.2) is 0 Å². The number of alkyl halides is 3. The third-order valence-corrected chi connectivity index (χ3v) is 2.67. The molecule has 6 heteroatoms. The summed E-state index contributed by atoms with van der Waals surface area (Å²) in [5, 5.41) is 9.19. The largest absolute Gasteiger partial charge is 0.416 e. The van der Waals surface area contributed by atoms with Gasteiger partial charge in [-0.3, -0.25) is 0 Å². The van der Waals surface area contributed by atoms with Crippen LogP contribution in [0.15, 0.2) is 36.4 Å². The first-order valence-electron chi connectivity index (χ1n) is 5.45. The molecule has 2 aromatic rings. The maximum Gasteiger partial charge on any atom is 0.416 e. The molecule has 19 heavy (non-hydrogen) atoms. The van der Waals surface area contributed by atoms with Gasteiger partial charge in [0.05, 0.1) is 17.9 Å². The minimum absolute atomic E-state index is 0.250. The summed E-state index contributed by atoms with van der Waals surface area (Å²) in [5.74, 6) is 0.250. The Hall–Kier alpha value is -2.08. The minimum Gasteiger partial charge on any atom is -0.390 e. The molecule has 0 aliphatic heterocycles. The summed E-state index contributed by atoms with van der Waals surface area (Å²) in [7, 11) is 0. The predicted octanol–water partition coefficient (Wildman–Crippen LogP) is 2.84. The van der Waals surface area contributed by atoms with Crippen molar-refractivity contribution in [2.75, 3.05) is 5.73 Å². The molecule has 100 valence electrons. The van der Waals surface area contributed by atoms with Gasteiger partial charge >= 0.3 is 6.18 Å². The van der Waals surface area contributed by atoms with Gasteiger partial charge in [-0.05, 0) is 29.8 Å². The standard InChI is InChI=1S/C13H11F3N2O/c14-13(15,16)9-3-1-8(2-4-9)10-5-6-12(17)18-11(10)7-19/h1-6,19H,7H2,(H2,17,18). The Balaban J connectivity index is 2.43. The number of pyridine rings is 1. The fourth-order valence-electron chi connectivity index (χ4n) is 1.74. The molecule has 0 fully saturated rings. The number of aliphatic hydroxyl groups excluding tert-OH is 1. The van der Waals surface area contributed by atoms with E-state index in [1.54, 1.807) is 6.07 Å². The molecule has 0 saturated carbocycles. The monoisotopic (exact) mass is 268 g/mol. The second-order valence-corrected chi connectivity index (χ2v) is 3.96. The van der Waals surface area contributed by atoms with Gasteiger partial charge in [-0.2, -0.15) is 13.2 Å². The summed E-state index contributed by atoms with van der Waals surface area (Å²) < 4.78 is 37.4. The Kier molecular flexibility index (Phi) is 3.44. The predicted molar refractivity (Wildman–Crippen MR) is 65.0 cm³/mol. The van der Waals surface area contributed by atoms with Crippen LogP contribution in [0.1, 0.15) is 11.3 Å². The van der Waals surface area contributed by atoms with E-state index in [0.29, 0.717) is 16.8 Å². The first-order valence-corrected chi connectivity index (χ1v) is 5.45. The van der Waals surface area contributed by atoms with Gasteiger partial charge in [-0.25, -0.2) is 4.98 Å². The van der Waals surface area contributed by atoms with Crippen LogP contribution in [0.5, 0.6) is 0 Å². The van der Waals surface area contributed by atoms with Gasteiger partial charge in [-0.1, -0.05) is 12.1 Å². The number of aromatic nitrogens is 1. The summed E-state index contributed by atoms with van der Waals surface area (Å²) in [5.41, 5.74) is 6.21. The number of nitrogens with zero attached hydrogens (tertiary/aromatic N) is 1. The summed E-state index contributed by atoms with van der Waals surface area (Å²) in [6, 6.07) is 7.83. The van der Waals surface area contributed by atoms with E-state index in [9.17, 15) is 18.3 Å². The van der Waals surface area contributed by atoms with E-state index in [0.717, 1.165) is 12.1 Å². The molecule has 0 spiro atoms. The molecule has 1 aromatic heterocycles. The van der Waals surface area contributed by atoms with Gasteiger partial charge in [-0.15, -0.1) is 0 Å². The van der Waals surface area contributed by atoms with Crippen LogP contribution in [-0.2, 0) is 12.8 Å². The molecule has 0 unspecified atom stereocenters.